The Morgan fingerprint density at radius 2 is 1.86 bits per heavy atom. The van der Waals surface area contributed by atoms with Gasteiger partial charge in [-0.15, -0.1) is 0 Å². The summed E-state index contributed by atoms with van der Waals surface area (Å²) in [6.45, 7) is 0. The van der Waals surface area contributed by atoms with Crippen LogP contribution in [0.1, 0.15) is 10.4 Å². The first-order chi connectivity index (χ1) is 10.5. The van der Waals surface area contributed by atoms with Gasteiger partial charge in [0.1, 0.15) is 0 Å². The Kier molecular flexibility index (Phi) is 3.83. The molecule has 3 rings (SSSR count). The van der Waals surface area contributed by atoms with Crippen LogP contribution in [0.5, 0.6) is 0 Å². The molecule has 0 radical (unpaired) electrons. The zero-order chi connectivity index (χ0) is 15.7. The number of para-hydroxylation sites is 1. The number of carbonyl (C=O) groups is 1. The Morgan fingerprint density at radius 1 is 1.09 bits per heavy atom. The van der Waals surface area contributed by atoms with Gasteiger partial charge >= 0.3 is 11.6 Å². The lowest BCUT2D eigenvalue weighted by Crippen LogP contribution is -2.15. The molecule has 1 aromatic heterocycles. The topological polar surface area (TPSA) is 72.2 Å². The highest BCUT2D eigenvalue weighted by Gasteiger charge is 2.12. The number of amides is 1. The molecule has 5 nitrogen and oxygen atoms in total. The van der Waals surface area contributed by atoms with Gasteiger partial charge in [-0.3, -0.25) is 10.1 Å². The summed E-state index contributed by atoms with van der Waals surface area (Å²) in [4.78, 5) is 28.0. The molecule has 0 atom stereocenters. The lowest BCUT2D eigenvalue weighted by atomic mass is 10.2. The predicted octanol–water partition coefficient (Wildman–Crippen LogP) is 3.75. The van der Waals surface area contributed by atoms with E-state index in [2.05, 4.69) is 10.3 Å². The molecule has 0 aliphatic rings. The summed E-state index contributed by atoms with van der Waals surface area (Å²) in [5.74, 6) is -0.510. The molecule has 0 saturated carbocycles. The van der Waals surface area contributed by atoms with Gasteiger partial charge in [0.2, 0.25) is 0 Å². The van der Waals surface area contributed by atoms with Crippen LogP contribution in [0.25, 0.3) is 10.9 Å². The van der Waals surface area contributed by atoms with Gasteiger partial charge in [0.25, 0.3) is 5.91 Å². The highest BCUT2D eigenvalue weighted by atomic mass is 35.5. The van der Waals surface area contributed by atoms with Gasteiger partial charge in [0.05, 0.1) is 20.9 Å². The van der Waals surface area contributed by atoms with Crippen molar-refractivity contribution in [1.82, 2.24) is 4.98 Å². The normalized spacial score (nSPS) is 10.6. The van der Waals surface area contributed by atoms with E-state index in [0.717, 1.165) is 0 Å². The molecule has 1 heterocycles. The molecule has 0 aliphatic heterocycles. The number of hydrogen-bond donors (Lipinski definition) is 1. The molecule has 0 spiro atoms. The van der Waals surface area contributed by atoms with Crippen molar-refractivity contribution in [2.24, 2.45) is 0 Å². The van der Waals surface area contributed by atoms with Crippen molar-refractivity contribution < 1.29 is 9.21 Å². The van der Waals surface area contributed by atoms with Crippen LogP contribution in [0.15, 0.2) is 51.7 Å². The molecule has 2 aromatic carbocycles. The Balaban J connectivity index is 1.94. The van der Waals surface area contributed by atoms with E-state index < -0.39 is 11.5 Å². The molecule has 3 aromatic rings. The maximum atomic E-state index is 12.1. The van der Waals surface area contributed by atoms with Crippen LogP contribution in [-0.4, -0.2) is 10.9 Å². The van der Waals surface area contributed by atoms with Gasteiger partial charge in [-0.05, 0) is 30.3 Å². The Labute approximate surface area is 134 Å². The number of benzene rings is 2. The summed E-state index contributed by atoms with van der Waals surface area (Å²) in [5, 5.41) is 3.36. The van der Waals surface area contributed by atoms with Gasteiger partial charge in [-0.2, -0.15) is 4.98 Å². The number of nitrogens with one attached hydrogen (secondary N) is 1. The number of anilines is 1. The minimum absolute atomic E-state index is 0.181. The molecule has 110 valence electrons. The van der Waals surface area contributed by atoms with Crippen LogP contribution in [0, 0.1) is 0 Å². The van der Waals surface area contributed by atoms with Crippen molar-refractivity contribution in [1.29, 1.82) is 0 Å². The first-order valence-electron chi connectivity index (χ1n) is 6.21. The first-order valence-corrected chi connectivity index (χ1v) is 6.96. The highest BCUT2D eigenvalue weighted by Crippen LogP contribution is 2.23. The SMILES string of the molecule is O=C(Nc1nc2ccccc2c(=O)o1)c1ccc(Cl)c(Cl)c1. The molecular formula is C15H8Cl2N2O3. The van der Waals surface area contributed by atoms with Crippen molar-refractivity contribution >= 4 is 46.0 Å². The monoisotopic (exact) mass is 334 g/mol. The average molecular weight is 335 g/mol. The van der Waals surface area contributed by atoms with E-state index in [0.29, 0.717) is 15.9 Å². The van der Waals surface area contributed by atoms with E-state index >= 15 is 0 Å². The van der Waals surface area contributed by atoms with Crippen molar-refractivity contribution in [3.63, 3.8) is 0 Å². The first kappa shape index (κ1) is 14.6. The summed E-state index contributed by atoms with van der Waals surface area (Å²) >= 11 is 11.7. The number of fused-ring (bicyclic) bond motifs is 1. The molecule has 22 heavy (non-hydrogen) atoms. The number of rotatable bonds is 2. The molecule has 1 amide bonds. The lowest BCUT2D eigenvalue weighted by Gasteiger charge is -2.05. The van der Waals surface area contributed by atoms with Crippen LogP contribution in [-0.2, 0) is 0 Å². The van der Waals surface area contributed by atoms with Gasteiger partial charge in [-0.1, -0.05) is 35.3 Å². The summed E-state index contributed by atoms with van der Waals surface area (Å²) < 4.78 is 4.98. The quantitative estimate of drug-likeness (QED) is 0.774. The predicted molar refractivity (Wildman–Crippen MR) is 84.7 cm³/mol. The second-order valence-electron chi connectivity index (χ2n) is 4.41. The summed E-state index contributed by atoms with van der Waals surface area (Å²) in [5.41, 5.74) is 0.130. The maximum Gasteiger partial charge on any atom is 0.348 e. The number of nitrogens with zero attached hydrogens (tertiary/aromatic N) is 1. The molecule has 1 N–H and O–H groups in total. The third-order valence-corrected chi connectivity index (χ3v) is 3.68. The number of halogens is 2. The molecular weight excluding hydrogens is 327 g/mol. The molecule has 0 aliphatic carbocycles. The van der Waals surface area contributed by atoms with Gasteiger partial charge in [-0.25, -0.2) is 4.79 Å². The Morgan fingerprint density at radius 3 is 2.64 bits per heavy atom. The fraction of sp³-hybridized carbons (Fsp3) is 0. The average Bonchev–Trinajstić information content (AvgIpc) is 2.50. The lowest BCUT2D eigenvalue weighted by molar-refractivity contribution is 0.102. The smallest absolute Gasteiger partial charge is 0.348 e. The van der Waals surface area contributed by atoms with Crippen molar-refractivity contribution in [3.05, 3.63) is 68.5 Å². The molecule has 0 bridgehead atoms. The van der Waals surface area contributed by atoms with Crippen molar-refractivity contribution in [2.75, 3.05) is 5.32 Å². The van der Waals surface area contributed by atoms with E-state index in [1.807, 2.05) is 0 Å². The minimum atomic E-state index is -0.574. The van der Waals surface area contributed by atoms with Crippen LogP contribution < -0.4 is 10.9 Å². The van der Waals surface area contributed by atoms with Crippen LogP contribution in [0.2, 0.25) is 10.0 Å². The second kappa shape index (κ2) is 5.79. The van der Waals surface area contributed by atoms with Crippen molar-refractivity contribution in [2.45, 2.75) is 0 Å². The van der Waals surface area contributed by atoms with E-state index in [4.69, 9.17) is 27.6 Å². The second-order valence-corrected chi connectivity index (χ2v) is 5.22. The standard InChI is InChI=1S/C15H8Cl2N2O3/c16-10-6-5-8(7-11(10)17)13(20)19-15-18-12-4-2-1-3-9(12)14(21)22-15/h1-7H,(H,18,19,20). The Bertz CT molecular complexity index is 937. The van der Waals surface area contributed by atoms with Crippen LogP contribution in [0.3, 0.4) is 0 Å². The molecule has 0 unspecified atom stereocenters. The zero-order valence-electron chi connectivity index (χ0n) is 11.0. The van der Waals surface area contributed by atoms with Gasteiger partial charge < -0.3 is 4.42 Å². The maximum absolute atomic E-state index is 12.1. The number of aromatic nitrogens is 1. The highest BCUT2D eigenvalue weighted by molar-refractivity contribution is 6.42. The molecule has 0 fully saturated rings. The number of hydrogen-bond acceptors (Lipinski definition) is 4. The zero-order valence-corrected chi connectivity index (χ0v) is 12.5. The molecule has 0 saturated heterocycles. The summed E-state index contributed by atoms with van der Waals surface area (Å²) in [6, 6.07) is 10.9. The summed E-state index contributed by atoms with van der Waals surface area (Å²) in [7, 11) is 0. The van der Waals surface area contributed by atoms with Gasteiger partial charge in [0, 0.05) is 5.56 Å². The summed E-state index contributed by atoms with van der Waals surface area (Å²) in [6.07, 6.45) is 0. The fourth-order valence-electron chi connectivity index (χ4n) is 1.88. The van der Waals surface area contributed by atoms with E-state index in [-0.39, 0.29) is 16.6 Å². The third-order valence-electron chi connectivity index (χ3n) is 2.94. The van der Waals surface area contributed by atoms with Crippen molar-refractivity contribution in [3.8, 4) is 0 Å². The minimum Gasteiger partial charge on any atom is -0.388 e. The number of carbonyl (C=O) groups excluding carboxylic acids is 1. The fourth-order valence-corrected chi connectivity index (χ4v) is 2.18. The Hall–Kier alpha value is -2.37. The molecule has 7 heteroatoms. The third kappa shape index (κ3) is 2.81. The largest absolute Gasteiger partial charge is 0.388 e. The van der Waals surface area contributed by atoms with Gasteiger partial charge in [0.15, 0.2) is 0 Å². The van der Waals surface area contributed by atoms with Crippen LogP contribution in [0.4, 0.5) is 6.01 Å². The van der Waals surface area contributed by atoms with E-state index in [9.17, 15) is 9.59 Å². The van der Waals surface area contributed by atoms with Crippen LogP contribution >= 0.6 is 23.2 Å². The van der Waals surface area contributed by atoms with E-state index in [1.165, 1.54) is 18.2 Å². The van der Waals surface area contributed by atoms with E-state index in [1.54, 1.807) is 24.3 Å².